The van der Waals surface area contributed by atoms with Crippen molar-refractivity contribution in [2.24, 2.45) is 0 Å². The van der Waals surface area contributed by atoms with Gasteiger partial charge in [0, 0.05) is 19.6 Å². The Labute approximate surface area is 72.9 Å². The number of nitrogens with zero attached hydrogens (tertiary/aromatic N) is 1. The molecule has 1 N–H and O–H groups in total. The van der Waals surface area contributed by atoms with Crippen molar-refractivity contribution >= 4 is 5.91 Å². The van der Waals surface area contributed by atoms with E-state index < -0.39 is 0 Å². The summed E-state index contributed by atoms with van der Waals surface area (Å²) in [5.74, 6) is 0.111. The fourth-order valence-electron chi connectivity index (χ4n) is 1.22. The zero-order valence-corrected chi connectivity index (χ0v) is 7.51. The molecule has 0 saturated carbocycles. The fraction of sp³-hybridized carbons (Fsp3) is 0.875. The summed E-state index contributed by atoms with van der Waals surface area (Å²) < 4.78 is 5.17. The normalized spacial score (nSPS) is 19.1. The molecule has 1 amide bonds. The van der Waals surface area contributed by atoms with Crippen molar-refractivity contribution in [2.45, 2.75) is 6.92 Å². The summed E-state index contributed by atoms with van der Waals surface area (Å²) in [6.45, 7) is 6.39. The van der Waals surface area contributed by atoms with E-state index >= 15 is 0 Å². The van der Waals surface area contributed by atoms with Crippen LogP contribution in [0.25, 0.3) is 0 Å². The van der Waals surface area contributed by atoms with Gasteiger partial charge in [-0.1, -0.05) is 0 Å². The molecule has 1 fully saturated rings. The molecule has 0 spiro atoms. The van der Waals surface area contributed by atoms with Crippen LogP contribution in [0.4, 0.5) is 0 Å². The van der Waals surface area contributed by atoms with Crippen molar-refractivity contribution in [3.05, 3.63) is 0 Å². The zero-order valence-electron chi connectivity index (χ0n) is 7.51. The van der Waals surface area contributed by atoms with Gasteiger partial charge >= 0.3 is 0 Å². The van der Waals surface area contributed by atoms with Crippen LogP contribution in [-0.4, -0.2) is 50.2 Å². The standard InChI is InChI=1S/C8H16N2O2/c1-2-9-8(11)7-10-3-5-12-6-4-10/h2-7H2,1H3,(H,9,11). The van der Waals surface area contributed by atoms with E-state index in [9.17, 15) is 4.79 Å². The number of carbonyl (C=O) groups is 1. The maximum absolute atomic E-state index is 11.1. The molecule has 0 aliphatic carbocycles. The number of carbonyl (C=O) groups excluding carboxylic acids is 1. The van der Waals surface area contributed by atoms with Crippen molar-refractivity contribution in [1.82, 2.24) is 10.2 Å². The molecule has 4 nitrogen and oxygen atoms in total. The van der Waals surface area contributed by atoms with Crippen LogP contribution < -0.4 is 5.32 Å². The lowest BCUT2D eigenvalue weighted by Crippen LogP contribution is -2.43. The van der Waals surface area contributed by atoms with Crippen molar-refractivity contribution in [3.63, 3.8) is 0 Å². The Morgan fingerprint density at radius 1 is 1.50 bits per heavy atom. The summed E-state index contributed by atoms with van der Waals surface area (Å²) in [5, 5.41) is 2.77. The molecule has 0 aromatic heterocycles. The molecule has 0 aromatic carbocycles. The number of nitrogens with one attached hydrogen (secondary N) is 1. The quantitative estimate of drug-likeness (QED) is 0.621. The molecular formula is C8H16N2O2. The average Bonchev–Trinajstić information content (AvgIpc) is 2.06. The zero-order chi connectivity index (χ0) is 8.81. The van der Waals surface area contributed by atoms with Gasteiger partial charge in [0.25, 0.3) is 0 Å². The summed E-state index contributed by atoms with van der Waals surface area (Å²) in [7, 11) is 0. The highest BCUT2D eigenvalue weighted by atomic mass is 16.5. The molecular weight excluding hydrogens is 156 g/mol. The van der Waals surface area contributed by atoms with Gasteiger partial charge < -0.3 is 10.1 Å². The third kappa shape index (κ3) is 3.19. The van der Waals surface area contributed by atoms with Crippen LogP contribution in [0.2, 0.25) is 0 Å². The van der Waals surface area contributed by atoms with Crippen LogP contribution >= 0.6 is 0 Å². The van der Waals surface area contributed by atoms with Crippen LogP contribution in [0.3, 0.4) is 0 Å². The topological polar surface area (TPSA) is 41.6 Å². The highest BCUT2D eigenvalue weighted by Crippen LogP contribution is 1.94. The second kappa shape index (κ2) is 5.11. The van der Waals surface area contributed by atoms with Crippen molar-refractivity contribution in [1.29, 1.82) is 0 Å². The van der Waals surface area contributed by atoms with E-state index in [-0.39, 0.29) is 5.91 Å². The maximum atomic E-state index is 11.1. The monoisotopic (exact) mass is 172 g/mol. The minimum atomic E-state index is 0.111. The number of ether oxygens (including phenoxy) is 1. The van der Waals surface area contributed by atoms with Gasteiger partial charge in [-0.2, -0.15) is 0 Å². The molecule has 1 aliphatic rings. The maximum Gasteiger partial charge on any atom is 0.234 e. The average molecular weight is 172 g/mol. The van der Waals surface area contributed by atoms with Gasteiger partial charge in [-0.3, -0.25) is 9.69 Å². The largest absolute Gasteiger partial charge is 0.379 e. The minimum absolute atomic E-state index is 0.111. The van der Waals surface area contributed by atoms with Gasteiger partial charge in [-0.25, -0.2) is 0 Å². The van der Waals surface area contributed by atoms with Gasteiger partial charge in [0.2, 0.25) is 5.91 Å². The van der Waals surface area contributed by atoms with Gasteiger partial charge in [-0.15, -0.1) is 0 Å². The third-order valence-corrected chi connectivity index (χ3v) is 1.84. The number of hydrogen-bond acceptors (Lipinski definition) is 3. The lowest BCUT2D eigenvalue weighted by molar-refractivity contribution is -0.123. The first-order valence-corrected chi connectivity index (χ1v) is 4.39. The van der Waals surface area contributed by atoms with Crippen molar-refractivity contribution in [2.75, 3.05) is 39.4 Å². The first kappa shape index (κ1) is 9.48. The first-order chi connectivity index (χ1) is 5.83. The van der Waals surface area contributed by atoms with E-state index in [2.05, 4.69) is 10.2 Å². The van der Waals surface area contributed by atoms with E-state index in [1.165, 1.54) is 0 Å². The van der Waals surface area contributed by atoms with Crippen molar-refractivity contribution in [3.8, 4) is 0 Å². The van der Waals surface area contributed by atoms with E-state index in [0.29, 0.717) is 13.1 Å². The molecule has 1 aliphatic heterocycles. The van der Waals surface area contributed by atoms with Crippen LogP contribution in [0, 0.1) is 0 Å². The third-order valence-electron chi connectivity index (χ3n) is 1.84. The van der Waals surface area contributed by atoms with Crippen LogP contribution in [0.15, 0.2) is 0 Å². The molecule has 1 rings (SSSR count). The lowest BCUT2D eigenvalue weighted by Gasteiger charge is -2.25. The SMILES string of the molecule is CCNC(=O)CN1CCOCC1. The fourth-order valence-corrected chi connectivity index (χ4v) is 1.22. The molecule has 0 bridgehead atoms. The Balaban J connectivity index is 2.15. The molecule has 70 valence electrons. The summed E-state index contributed by atoms with van der Waals surface area (Å²) in [4.78, 5) is 13.2. The summed E-state index contributed by atoms with van der Waals surface area (Å²) in [5.41, 5.74) is 0. The Bertz CT molecular complexity index is 144. The van der Waals surface area contributed by atoms with Gasteiger partial charge in [0.05, 0.1) is 19.8 Å². The Hall–Kier alpha value is -0.610. The van der Waals surface area contributed by atoms with Crippen LogP contribution in [-0.2, 0) is 9.53 Å². The Morgan fingerprint density at radius 2 is 2.17 bits per heavy atom. The van der Waals surface area contributed by atoms with Crippen molar-refractivity contribution < 1.29 is 9.53 Å². The minimum Gasteiger partial charge on any atom is -0.379 e. The Kier molecular flexibility index (Phi) is 4.04. The molecule has 0 unspecified atom stereocenters. The summed E-state index contributed by atoms with van der Waals surface area (Å²) in [6.07, 6.45) is 0. The first-order valence-electron chi connectivity index (χ1n) is 4.39. The van der Waals surface area contributed by atoms with E-state index in [1.54, 1.807) is 0 Å². The number of morpholine rings is 1. The predicted octanol–water partition coefficient (Wildman–Crippen LogP) is -0.545. The van der Waals surface area contributed by atoms with E-state index in [0.717, 1.165) is 26.3 Å². The second-order valence-electron chi connectivity index (χ2n) is 2.84. The van der Waals surface area contributed by atoms with Gasteiger partial charge in [0.15, 0.2) is 0 Å². The highest BCUT2D eigenvalue weighted by Gasteiger charge is 2.12. The molecule has 0 radical (unpaired) electrons. The van der Waals surface area contributed by atoms with Gasteiger partial charge in [0.1, 0.15) is 0 Å². The van der Waals surface area contributed by atoms with Gasteiger partial charge in [-0.05, 0) is 6.92 Å². The lowest BCUT2D eigenvalue weighted by atomic mass is 10.4. The van der Waals surface area contributed by atoms with Crippen LogP contribution in [0.5, 0.6) is 0 Å². The molecule has 1 heterocycles. The number of hydrogen-bond donors (Lipinski definition) is 1. The number of rotatable bonds is 3. The molecule has 0 atom stereocenters. The Morgan fingerprint density at radius 3 is 2.75 bits per heavy atom. The van der Waals surface area contributed by atoms with E-state index in [1.807, 2.05) is 6.92 Å². The molecule has 1 saturated heterocycles. The molecule has 4 heteroatoms. The highest BCUT2D eigenvalue weighted by molar-refractivity contribution is 5.77. The number of likely N-dealkylation sites (N-methyl/N-ethyl adjacent to an activating group) is 1. The summed E-state index contributed by atoms with van der Waals surface area (Å²) in [6, 6.07) is 0. The summed E-state index contributed by atoms with van der Waals surface area (Å²) >= 11 is 0. The predicted molar refractivity (Wildman–Crippen MR) is 45.9 cm³/mol. The van der Waals surface area contributed by atoms with E-state index in [4.69, 9.17) is 4.74 Å². The molecule has 12 heavy (non-hydrogen) atoms. The molecule has 0 aromatic rings. The smallest absolute Gasteiger partial charge is 0.234 e. The number of amides is 1. The van der Waals surface area contributed by atoms with Crippen LogP contribution in [0.1, 0.15) is 6.92 Å². The second-order valence-corrected chi connectivity index (χ2v) is 2.84.